The molecule has 1 saturated heterocycles. The Labute approximate surface area is 126 Å². The number of piperazine rings is 1. The maximum absolute atomic E-state index is 12.2. The summed E-state index contributed by atoms with van der Waals surface area (Å²) in [5, 5.41) is 3.34. The van der Waals surface area contributed by atoms with Gasteiger partial charge in [-0.15, -0.1) is 0 Å². The van der Waals surface area contributed by atoms with Crippen molar-refractivity contribution < 1.29 is 9.53 Å². The zero-order chi connectivity index (χ0) is 15.2. The van der Waals surface area contributed by atoms with Crippen LogP contribution >= 0.6 is 0 Å². The summed E-state index contributed by atoms with van der Waals surface area (Å²) >= 11 is 0. The minimum atomic E-state index is -0.250. The van der Waals surface area contributed by atoms with Crippen LogP contribution < -0.4 is 10.2 Å². The van der Waals surface area contributed by atoms with Crippen molar-refractivity contribution in [3.8, 4) is 0 Å². The van der Waals surface area contributed by atoms with Gasteiger partial charge >= 0.3 is 5.97 Å². The summed E-state index contributed by atoms with van der Waals surface area (Å²) in [5.41, 5.74) is 2.03. The number of ether oxygens (including phenoxy) is 1. The summed E-state index contributed by atoms with van der Waals surface area (Å²) in [6.45, 7) is 10.2. The molecule has 0 spiro atoms. The summed E-state index contributed by atoms with van der Waals surface area (Å²) in [4.78, 5) is 18.8. The molecule has 1 aliphatic rings. The number of nitrogens with zero attached hydrogens (tertiary/aromatic N) is 2. The van der Waals surface area contributed by atoms with Crippen molar-refractivity contribution in [2.45, 2.75) is 26.7 Å². The second kappa shape index (κ2) is 7.41. The molecule has 5 nitrogen and oxygen atoms in total. The van der Waals surface area contributed by atoms with Crippen LogP contribution in [0, 0.1) is 5.92 Å². The highest BCUT2D eigenvalue weighted by Crippen LogP contribution is 2.28. The number of nitrogens with one attached hydrogen (secondary N) is 1. The van der Waals surface area contributed by atoms with Crippen molar-refractivity contribution in [2.75, 3.05) is 37.7 Å². The van der Waals surface area contributed by atoms with Crippen molar-refractivity contribution in [2.24, 2.45) is 5.92 Å². The van der Waals surface area contributed by atoms with Gasteiger partial charge in [0.2, 0.25) is 0 Å². The standard InChI is InChI=1S/C16H25N3O2/c1-4-21-16(20)15(12(2)3)13-9-14(11-18-10-13)19-7-5-17-6-8-19/h9-12,15,17H,4-8H2,1-3H3. The van der Waals surface area contributed by atoms with Crippen molar-refractivity contribution in [3.05, 3.63) is 24.0 Å². The van der Waals surface area contributed by atoms with E-state index in [0.717, 1.165) is 37.4 Å². The van der Waals surface area contributed by atoms with E-state index in [1.54, 1.807) is 6.20 Å². The van der Waals surface area contributed by atoms with Crippen LogP contribution in [0.5, 0.6) is 0 Å². The Bertz CT molecular complexity index is 470. The number of esters is 1. The molecule has 1 aliphatic heterocycles. The lowest BCUT2D eigenvalue weighted by Crippen LogP contribution is -2.43. The predicted octanol–water partition coefficient (Wildman–Crippen LogP) is 1.79. The van der Waals surface area contributed by atoms with E-state index in [-0.39, 0.29) is 17.8 Å². The van der Waals surface area contributed by atoms with Crippen LogP contribution in [0.1, 0.15) is 32.3 Å². The molecule has 2 rings (SSSR count). The molecular weight excluding hydrogens is 266 g/mol. The van der Waals surface area contributed by atoms with Crippen molar-refractivity contribution >= 4 is 11.7 Å². The molecule has 1 aromatic rings. The molecule has 0 amide bonds. The lowest BCUT2D eigenvalue weighted by Gasteiger charge is -2.30. The number of anilines is 1. The lowest BCUT2D eigenvalue weighted by atomic mass is 9.89. The molecule has 1 fully saturated rings. The molecule has 0 radical (unpaired) electrons. The first-order valence-electron chi connectivity index (χ1n) is 7.70. The zero-order valence-corrected chi connectivity index (χ0v) is 13.1. The van der Waals surface area contributed by atoms with Gasteiger partial charge in [0.15, 0.2) is 0 Å². The summed E-state index contributed by atoms with van der Waals surface area (Å²) in [6, 6.07) is 2.08. The fraction of sp³-hybridized carbons (Fsp3) is 0.625. The van der Waals surface area contributed by atoms with Gasteiger partial charge in [0, 0.05) is 32.4 Å². The third-order valence-electron chi connectivity index (χ3n) is 3.79. The number of aromatic nitrogens is 1. The van der Waals surface area contributed by atoms with Gasteiger partial charge in [-0.1, -0.05) is 13.8 Å². The highest BCUT2D eigenvalue weighted by Gasteiger charge is 2.26. The first-order chi connectivity index (χ1) is 10.1. The molecule has 0 bridgehead atoms. The number of pyridine rings is 1. The van der Waals surface area contributed by atoms with E-state index in [9.17, 15) is 4.79 Å². The molecule has 2 heterocycles. The van der Waals surface area contributed by atoms with E-state index in [4.69, 9.17) is 4.74 Å². The normalized spacial score (nSPS) is 16.9. The molecule has 1 N–H and O–H groups in total. The monoisotopic (exact) mass is 291 g/mol. The van der Waals surface area contributed by atoms with Gasteiger partial charge in [0.1, 0.15) is 0 Å². The van der Waals surface area contributed by atoms with Crippen LogP contribution in [0.2, 0.25) is 0 Å². The first kappa shape index (κ1) is 15.8. The average Bonchev–Trinajstić information content (AvgIpc) is 2.48. The number of rotatable bonds is 5. The molecule has 0 saturated carbocycles. The molecule has 116 valence electrons. The number of hydrogen-bond donors (Lipinski definition) is 1. The molecule has 21 heavy (non-hydrogen) atoms. The molecule has 1 atom stereocenters. The topological polar surface area (TPSA) is 54.5 Å². The van der Waals surface area contributed by atoms with Gasteiger partial charge in [-0.05, 0) is 24.5 Å². The smallest absolute Gasteiger partial charge is 0.313 e. The van der Waals surface area contributed by atoms with Crippen LogP contribution in [-0.4, -0.2) is 43.7 Å². The van der Waals surface area contributed by atoms with Crippen molar-refractivity contribution in [1.29, 1.82) is 0 Å². The van der Waals surface area contributed by atoms with Crippen LogP contribution in [-0.2, 0) is 9.53 Å². The van der Waals surface area contributed by atoms with Crippen LogP contribution in [0.3, 0.4) is 0 Å². The Kier molecular flexibility index (Phi) is 5.56. The Morgan fingerprint density at radius 3 is 2.71 bits per heavy atom. The highest BCUT2D eigenvalue weighted by atomic mass is 16.5. The predicted molar refractivity (Wildman–Crippen MR) is 83.5 cm³/mol. The summed E-state index contributed by atoms with van der Waals surface area (Å²) in [6.07, 6.45) is 3.66. The molecule has 0 aliphatic carbocycles. The van der Waals surface area contributed by atoms with Gasteiger partial charge in [-0.25, -0.2) is 0 Å². The third-order valence-corrected chi connectivity index (χ3v) is 3.79. The van der Waals surface area contributed by atoms with E-state index in [1.165, 1.54) is 0 Å². The lowest BCUT2D eigenvalue weighted by molar-refractivity contribution is -0.146. The molecular formula is C16H25N3O2. The average molecular weight is 291 g/mol. The fourth-order valence-corrected chi connectivity index (χ4v) is 2.74. The van der Waals surface area contributed by atoms with E-state index < -0.39 is 0 Å². The van der Waals surface area contributed by atoms with Crippen LogP contribution in [0.15, 0.2) is 18.5 Å². The van der Waals surface area contributed by atoms with Crippen LogP contribution in [0.25, 0.3) is 0 Å². The number of carbonyl (C=O) groups is 1. The molecule has 0 aromatic carbocycles. The fourth-order valence-electron chi connectivity index (χ4n) is 2.74. The maximum Gasteiger partial charge on any atom is 0.313 e. The highest BCUT2D eigenvalue weighted by molar-refractivity contribution is 5.78. The summed E-state index contributed by atoms with van der Waals surface area (Å²) in [7, 11) is 0. The number of hydrogen-bond acceptors (Lipinski definition) is 5. The van der Waals surface area contributed by atoms with Gasteiger partial charge in [0.25, 0.3) is 0 Å². The van der Waals surface area contributed by atoms with Crippen molar-refractivity contribution in [1.82, 2.24) is 10.3 Å². The third kappa shape index (κ3) is 3.94. The van der Waals surface area contributed by atoms with Gasteiger partial charge in [-0.2, -0.15) is 0 Å². The summed E-state index contributed by atoms with van der Waals surface area (Å²) < 4.78 is 5.21. The number of carbonyl (C=O) groups excluding carboxylic acids is 1. The van der Waals surface area contributed by atoms with E-state index in [1.807, 2.05) is 27.0 Å². The van der Waals surface area contributed by atoms with Gasteiger partial charge in [-0.3, -0.25) is 9.78 Å². The quantitative estimate of drug-likeness (QED) is 0.838. The molecule has 1 unspecified atom stereocenters. The zero-order valence-electron chi connectivity index (χ0n) is 13.1. The van der Waals surface area contributed by atoms with Crippen molar-refractivity contribution in [3.63, 3.8) is 0 Å². The SMILES string of the molecule is CCOC(=O)C(c1cncc(N2CCNCC2)c1)C(C)C. The second-order valence-corrected chi connectivity index (χ2v) is 5.69. The van der Waals surface area contributed by atoms with Gasteiger partial charge in [0.05, 0.1) is 24.4 Å². The maximum atomic E-state index is 12.2. The van der Waals surface area contributed by atoms with E-state index >= 15 is 0 Å². The minimum Gasteiger partial charge on any atom is -0.466 e. The van der Waals surface area contributed by atoms with E-state index in [0.29, 0.717) is 6.61 Å². The van der Waals surface area contributed by atoms with E-state index in [2.05, 4.69) is 21.3 Å². The molecule has 5 heteroatoms. The Hall–Kier alpha value is -1.62. The van der Waals surface area contributed by atoms with Gasteiger partial charge < -0.3 is 15.0 Å². The Balaban J connectivity index is 2.22. The summed E-state index contributed by atoms with van der Waals surface area (Å²) in [5.74, 6) is -0.226. The second-order valence-electron chi connectivity index (χ2n) is 5.69. The molecule has 1 aromatic heterocycles. The largest absolute Gasteiger partial charge is 0.466 e. The first-order valence-corrected chi connectivity index (χ1v) is 7.70. The Morgan fingerprint density at radius 2 is 2.10 bits per heavy atom. The Morgan fingerprint density at radius 1 is 1.38 bits per heavy atom. The minimum absolute atomic E-state index is 0.160. The van der Waals surface area contributed by atoms with Crippen LogP contribution in [0.4, 0.5) is 5.69 Å².